The minimum absolute atomic E-state index is 0.0326. The first kappa shape index (κ1) is 29.0. The fraction of sp³-hybridized carbons (Fsp3) is 0.185. The molecule has 3 rings (SSSR count). The van der Waals surface area contributed by atoms with Crippen LogP contribution in [0.2, 0.25) is 15.1 Å². The van der Waals surface area contributed by atoms with Crippen molar-refractivity contribution in [2.24, 2.45) is 5.16 Å². The third kappa shape index (κ3) is 7.71. The number of nitrogens with one attached hydrogen (secondary N) is 2. The Morgan fingerprint density at radius 3 is 2.13 bits per heavy atom. The van der Waals surface area contributed by atoms with Crippen molar-refractivity contribution in [1.82, 2.24) is 5.32 Å². The van der Waals surface area contributed by atoms with Gasteiger partial charge in [-0.3, -0.25) is 9.59 Å². The first-order chi connectivity index (χ1) is 18.2. The van der Waals surface area contributed by atoms with Gasteiger partial charge in [0, 0.05) is 22.7 Å². The molecule has 1 atom stereocenters. The van der Waals surface area contributed by atoms with Gasteiger partial charge in [0.2, 0.25) is 0 Å². The Morgan fingerprint density at radius 2 is 1.55 bits per heavy atom. The van der Waals surface area contributed by atoms with Crippen LogP contribution >= 0.6 is 34.8 Å². The lowest BCUT2D eigenvalue weighted by atomic mass is 10.0. The molecule has 0 unspecified atom stereocenters. The summed E-state index contributed by atoms with van der Waals surface area (Å²) < 4.78 is 5.16. The van der Waals surface area contributed by atoms with E-state index in [1.54, 1.807) is 73.7 Å². The second kappa shape index (κ2) is 13.8. The van der Waals surface area contributed by atoms with Crippen molar-refractivity contribution in [2.75, 3.05) is 19.0 Å². The number of benzene rings is 3. The number of anilines is 1. The van der Waals surface area contributed by atoms with Crippen LogP contribution in [0.5, 0.6) is 0 Å². The summed E-state index contributed by atoms with van der Waals surface area (Å²) in [6.07, 6.45) is 0.121. The molecule has 0 heterocycles. The number of oxime groups is 1. The number of nitrogens with zero attached hydrogens (tertiary/aromatic N) is 1. The van der Waals surface area contributed by atoms with Crippen LogP contribution in [0.3, 0.4) is 0 Å². The molecule has 0 saturated heterocycles. The number of rotatable bonds is 10. The lowest BCUT2D eigenvalue weighted by molar-refractivity contribution is -0.146. The molecule has 0 aliphatic carbocycles. The standard InChI is InChI=1S/C27H24Cl3N3O5/c1-3-38-27(36)22(32-26(35)24(33-37-2)17-9-11-18(28)12-10-17)15-16-7-13-19(14-8-16)31-25(34)23-20(29)5-4-6-21(23)30/h4-14,22H,3,15H2,1-2H3,(H,31,34)(H,32,35)/t22-/m0/s1. The number of amides is 2. The van der Waals surface area contributed by atoms with Crippen molar-refractivity contribution in [1.29, 1.82) is 0 Å². The van der Waals surface area contributed by atoms with E-state index in [1.165, 1.54) is 7.11 Å². The Morgan fingerprint density at radius 1 is 0.921 bits per heavy atom. The van der Waals surface area contributed by atoms with E-state index in [0.717, 1.165) is 0 Å². The van der Waals surface area contributed by atoms with Gasteiger partial charge < -0.3 is 20.2 Å². The molecule has 198 valence electrons. The van der Waals surface area contributed by atoms with Crippen LogP contribution in [-0.2, 0) is 25.6 Å². The van der Waals surface area contributed by atoms with E-state index in [-0.39, 0.29) is 34.3 Å². The predicted octanol–water partition coefficient (Wildman–Crippen LogP) is 5.54. The third-order valence-corrected chi connectivity index (χ3v) is 6.12. The highest BCUT2D eigenvalue weighted by molar-refractivity contribution is 6.45. The maximum absolute atomic E-state index is 13.1. The zero-order valence-corrected chi connectivity index (χ0v) is 22.7. The molecule has 0 fully saturated rings. The molecule has 0 aliphatic rings. The van der Waals surface area contributed by atoms with Gasteiger partial charge in [-0.05, 0) is 48.9 Å². The Bertz CT molecular complexity index is 1310. The van der Waals surface area contributed by atoms with Crippen LogP contribution in [-0.4, -0.2) is 43.3 Å². The maximum atomic E-state index is 13.1. The summed E-state index contributed by atoms with van der Waals surface area (Å²) in [5, 5.41) is 10.2. The second-order valence-corrected chi connectivity index (χ2v) is 9.11. The van der Waals surface area contributed by atoms with Crippen molar-refractivity contribution in [2.45, 2.75) is 19.4 Å². The summed E-state index contributed by atoms with van der Waals surface area (Å²) in [5.41, 5.74) is 1.78. The summed E-state index contributed by atoms with van der Waals surface area (Å²) in [6, 6.07) is 17.0. The molecular weight excluding hydrogens is 553 g/mol. The van der Waals surface area contributed by atoms with Crippen LogP contribution in [0.15, 0.2) is 71.9 Å². The summed E-state index contributed by atoms with van der Waals surface area (Å²) in [5.74, 6) is -1.70. The van der Waals surface area contributed by atoms with Gasteiger partial charge in [-0.15, -0.1) is 0 Å². The van der Waals surface area contributed by atoms with Gasteiger partial charge in [0.05, 0.1) is 22.2 Å². The molecule has 0 aromatic heterocycles. The van der Waals surface area contributed by atoms with E-state index in [4.69, 9.17) is 44.4 Å². The van der Waals surface area contributed by atoms with E-state index in [2.05, 4.69) is 15.8 Å². The molecule has 0 saturated carbocycles. The molecular formula is C27H24Cl3N3O5. The number of hydrogen-bond acceptors (Lipinski definition) is 6. The SMILES string of the molecule is CCOC(=O)[C@H](Cc1ccc(NC(=O)c2c(Cl)cccc2Cl)cc1)NC(=O)C(=NOC)c1ccc(Cl)cc1. The quantitative estimate of drug-likeness (QED) is 0.187. The first-order valence-corrected chi connectivity index (χ1v) is 12.6. The number of carbonyl (C=O) groups is 3. The minimum Gasteiger partial charge on any atom is -0.464 e. The van der Waals surface area contributed by atoms with E-state index >= 15 is 0 Å². The van der Waals surface area contributed by atoms with E-state index in [9.17, 15) is 14.4 Å². The topological polar surface area (TPSA) is 106 Å². The van der Waals surface area contributed by atoms with Crippen molar-refractivity contribution in [3.05, 3.63) is 98.5 Å². The lowest BCUT2D eigenvalue weighted by Gasteiger charge is -2.18. The van der Waals surface area contributed by atoms with E-state index in [0.29, 0.717) is 21.8 Å². The molecule has 2 amide bonds. The van der Waals surface area contributed by atoms with Crippen molar-refractivity contribution in [3.8, 4) is 0 Å². The summed E-state index contributed by atoms with van der Waals surface area (Å²) >= 11 is 18.2. The second-order valence-electron chi connectivity index (χ2n) is 7.86. The summed E-state index contributed by atoms with van der Waals surface area (Å²) in [7, 11) is 1.31. The van der Waals surface area contributed by atoms with Gasteiger partial charge in [0.1, 0.15) is 13.2 Å². The Kier molecular flexibility index (Phi) is 10.5. The van der Waals surface area contributed by atoms with Crippen molar-refractivity contribution < 1.29 is 24.0 Å². The first-order valence-electron chi connectivity index (χ1n) is 11.4. The summed E-state index contributed by atoms with van der Waals surface area (Å²) in [6.45, 7) is 1.81. The van der Waals surface area contributed by atoms with E-state index in [1.807, 2.05) is 0 Å². The number of halogens is 3. The van der Waals surface area contributed by atoms with Gasteiger partial charge in [-0.25, -0.2) is 4.79 Å². The van der Waals surface area contributed by atoms with Crippen LogP contribution in [0.25, 0.3) is 0 Å². The highest BCUT2D eigenvalue weighted by atomic mass is 35.5. The minimum atomic E-state index is -1.01. The number of hydrogen-bond donors (Lipinski definition) is 2. The van der Waals surface area contributed by atoms with Crippen LogP contribution < -0.4 is 10.6 Å². The van der Waals surface area contributed by atoms with E-state index < -0.39 is 23.8 Å². The largest absolute Gasteiger partial charge is 0.464 e. The molecule has 38 heavy (non-hydrogen) atoms. The summed E-state index contributed by atoms with van der Waals surface area (Å²) in [4.78, 5) is 43.2. The van der Waals surface area contributed by atoms with Gasteiger partial charge in [-0.2, -0.15) is 0 Å². The van der Waals surface area contributed by atoms with Crippen LogP contribution in [0, 0.1) is 0 Å². The average Bonchev–Trinajstić information content (AvgIpc) is 2.88. The highest BCUT2D eigenvalue weighted by Gasteiger charge is 2.26. The van der Waals surface area contributed by atoms with Gasteiger partial charge in [0.25, 0.3) is 11.8 Å². The molecule has 2 N–H and O–H groups in total. The zero-order chi connectivity index (χ0) is 27.7. The molecule has 11 heteroatoms. The normalized spacial score (nSPS) is 11.9. The fourth-order valence-electron chi connectivity index (χ4n) is 3.46. The number of ether oxygens (including phenoxy) is 1. The molecule has 0 spiro atoms. The molecule has 0 bridgehead atoms. The highest BCUT2D eigenvalue weighted by Crippen LogP contribution is 2.25. The van der Waals surface area contributed by atoms with Crippen LogP contribution in [0.1, 0.15) is 28.4 Å². The number of carbonyl (C=O) groups excluding carboxylic acids is 3. The van der Waals surface area contributed by atoms with Gasteiger partial charge in [0.15, 0.2) is 5.71 Å². The van der Waals surface area contributed by atoms with Crippen molar-refractivity contribution in [3.63, 3.8) is 0 Å². The Labute approximate surface area is 234 Å². The lowest BCUT2D eigenvalue weighted by Crippen LogP contribution is -2.46. The third-order valence-electron chi connectivity index (χ3n) is 5.23. The molecule has 3 aromatic rings. The molecule has 3 aromatic carbocycles. The molecule has 8 nitrogen and oxygen atoms in total. The monoisotopic (exact) mass is 575 g/mol. The maximum Gasteiger partial charge on any atom is 0.328 e. The van der Waals surface area contributed by atoms with Gasteiger partial charge >= 0.3 is 5.97 Å². The van der Waals surface area contributed by atoms with Gasteiger partial charge in [-0.1, -0.05) is 70.3 Å². The smallest absolute Gasteiger partial charge is 0.328 e. The molecule has 0 aliphatic heterocycles. The molecule has 0 radical (unpaired) electrons. The Balaban J connectivity index is 1.75. The van der Waals surface area contributed by atoms with Crippen LogP contribution in [0.4, 0.5) is 5.69 Å². The average molecular weight is 577 g/mol. The number of esters is 1. The zero-order valence-electron chi connectivity index (χ0n) is 20.5. The van der Waals surface area contributed by atoms with Crippen molar-refractivity contribution >= 4 is 64.0 Å². The predicted molar refractivity (Wildman–Crippen MR) is 148 cm³/mol. The fourth-order valence-corrected chi connectivity index (χ4v) is 4.15. The Hall–Kier alpha value is -3.59.